The van der Waals surface area contributed by atoms with Crippen LogP contribution in [0.2, 0.25) is 0 Å². The molecule has 7 heteroatoms. The van der Waals surface area contributed by atoms with Crippen molar-refractivity contribution in [2.45, 2.75) is 99.4 Å². The summed E-state index contributed by atoms with van der Waals surface area (Å²) in [4.78, 5) is 30.0. The Kier molecular flexibility index (Phi) is 12.4. The zero-order chi connectivity index (χ0) is 26.1. The molecular formula is C27H43NO5S. The number of aliphatic hydroxyl groups excluding tert-OH is 2. The largest absolute Gasteiger partial charge is 0.458 e. The summed E-state index contributed by atoms with van der Waals surface area (Å²) in [5.41, 5.74) is 0.456. The number of aliphatic hydroxyl groups is 2. The van der Waals surface area contributed by atoms with Crippen LogP contribution in [0.3, 0.4) is 0 Å². The monoisotopic (exact) mass is 493 g/mol. The number of hydrogen-bond acceptors (Lipinski definition) is 7. The number of carbonyl (C=O) groups is 2. The highest BCUT2D eigenvalue weighted by Gasteiger charge is 2.42. The molecule has 6 nitrogen and oxygen atoms in total. The van der Waals surface area contributed by atoms with E-state index >= 15 is 0 Å². The zero-order valence-corrected chi connectivity index (χ0v) is 22.8. The number of aromatic nitrogens is 1. The standard InChI is InChI=1S/C27H43NO5S/c1-9-10-11-12-13-17(2)25(31)19(4)26(32)27(7,8)23(29)15-24(30)33-20(5)18(3)14-22-16-34-21(6)28-22/h9-10,14,16-17,19-20,23,25,29,31H,11-13,15H2,1-8H3/b10-9-,18-14+/t17-,19+,20-,23?,25-/m0/s1. The number of unbranched alkanes of at least 4 members (excludes halogenated alkanes) is 1. The molecule has 1 aromatic heterocycles. The van der Waals surface area contributed by atoms with Crippen molar-refractivity contribution < 1.29 is 24.5 Å². The second-order valence-electron chi connectivity index (χ2n) is 9.87. The minimum absolute atomic E-state index is 0.0424. The average molecular weight is 494 g/mol. The van der Waals surface area contributed by atoms with Gasteiger partial charge in [-0.3, -0.25) is 9.59 Å². The van der Waals surface area contributed by atoms with E-state index in [-0.39, 0.29) is 18.1 Å². The highest BCUT2D eigenvalue weighted by atomic mass is 32.1. The van der Waals surface area contributed by atoms with Crippen LogP contribution in [0, 0.1) is 24.2 Å². The number of Topliss-reactive ketones (excluding diaryl/α,β-unsaturated/α-hetero) is 1. The molecule has 192 valence electrons. The van der Waals surface area contributed by atoms with Gasteiger partial charge in [0.2, 0.25) is 0 Å². The van der Waals surface area contributed by atoms with Crippen LogP contribution in [0.4, 0.5) is 0 Å². The van der Waals surface area contributed by atoms with Crippen molar-refractivity contribution in [1.29, 1.82) is 0 Å². The molecule has 0 fully saturated rings. The highest BCUT2D eigenvalue weighted by Crippen LogP contribution is 2.32. The Labute approximate surface area is 209 Å². The summed E-state index contributed by atoms with van der Waals surface area (Å²) >= 11 is 1.55. The van der Waals surface area contributed by atoms with E-state index in [4.69, 9.17) is 4.74 Å². The molecule has 0 saturated carbocycles. The number of esters is 1. The molecule has 5 atom stereocenters. The number of allylic oxidation sites excluding steroid dienone is 2. The van der Waals surface area contributed by atoms with Crippen molar-refractivity contribution in [2.24, 2.45) is 17.3 Å². The Morgan fingerprint density at radius 2 is 1.88 bits per heavy atom. The van der Waals surface area contributed by atoms with E-state index in [2.05, 4.69) is 11.1 Å². The molecule has 0 spiro atoms. The number of ketones is 1. The van der Waals surface area contributed by atoms with Crippen LogP contribution in [0.25, 0.3) is 6.08 Å². The van der Waals surface area contributed by atoms with Gasteiger partial charge in [-0.2, -0.15) is 0 Å². The molecule has 1 unspecified atom stereocenters. The lowest BCUT2D eigenvalue weighted by Crippen LogP contribution is -2.45. The summed E-state index contributed by atoms with van der Waals surface area (Å²) in [6.45, 7) is 14.4. The van der Waals surface area contributed by atoms with Crippen molar-refractivity contribution >= 4 is 29.2 Å². The Balaban J connectivity index is 2.68. The summed E-state index contributed by atoms with van der Waals surface area (Å²) in [6.07, 6.45) is 5.85. The lowest BCUT2D eigenvalue weighted by Gasteiger charge is -2.34. The molecule has 0 aliphatic carbocycles. The maximum atomic E-state index is 13.1. The van der Waals surface area contributed by atoms with Crippen molar-refractivity contribution in [2.75, 3.05) is 0 Å². The van der Waals surface area contributed by atoms with E-state index in [9.17, 15) is 19.8 Å². The van der Waals surface area contributed by atoms with E-state index in [1.165, 1.54) is 0 Å². The topological polar surface area (TPSA) is 96.7 Å². The number of hydrogen-bond donors (Lipinski definition) is 2. The van der Waals surface area contributed by atoms with Gasteiger partial charge < -0.3 is 14.9 Å². The zero-order valence-electron chi connectivity index (χ0n) is 22.0. The Morgan fingerprint density at radius 3 is 2.44 bits per heavy atom. The number of rotatable bonds is 14. The third-order valence-corrected chi connectivity index (χ3v) is 7.36. The van der Waals surface area contributed by atoms with Gasteiger partial charge in [-0.25, -0.2) is 4.98 Å². The molecule has 1 aromatic rings. The molecule has 0 aliphatic heterocycles. The minimum Gasteiger partial charge on any atom is -0.458 e. The van der Waals surface area contributed by atoms with Gasteiger partial charge in [0.1, 0.15) is 11.9 Å². The first-order chi connectivity index (χ1) is 15.8. The van der Waals surface area contributed by atoms with Gasteiger partial charge in [-0.1, -0.05) is 39.8 Å². The van der Waals surface area contributed by atoms with E-state index < -0.39 is 35.6 Å². The van der Waals surface area contributed by atoms with Crippen LogP contribution in [0.15, 0.2) is 23.1 Å². The van der Waals surface area contributed by atoms with Crippen LogP contribution in [0.1, 0.15) is 84.9 Å². The van der Waals surface area contributed by atoms with Crippen LogP contribution >= 0.6 is 11.3 Å². The van der Waals surface area contributed by atoms with Gasteiger partial charge in [0.05, 0.1) is 34.7 Å². The van der Waals surface area contributed by atoms with Crippen molar-refractivity contribution in [3.63, 3.8) is 0 Å². The molecule has 0 aromatic carbocycles. The first-order valence-electron chi connectivity index (χ1n) is 12.1. The van der Waals surface area contributed by atoms with Gasteiger partial charge in [-0.15, -0.1) is 11.3 Å². The molecule has 34 heavy (non-hydrogen) atoms. The third-order valence-electron chi connectivity index (χ3n) is 6.56. The Hall–Kier alpha value is -1.83. The summed E-state index contributed by atoms with van der Waals surface area (Å²) in [5, 5.41) is 24.4. The highest BCUT2D eigenvalue weighted by molar-refractivity contribution is 7.09. The van der Waals surface area contributed by atoms with Crippen LogP contribution in [-0.4, -0.2) is 45.3 Å². The predicted molar refractivity (Wildman–Crippen MR) is 138 cm³/mol. The van der Waals surface area contributed by atoms with Crippen LogP contribution in [0.5, 0.6) is 0 Å². The number of ether oxygens (including phenoxy) is 1. The van der Waals surface area contributed by atoms with Gasteiger partial charge in [0.15, 0.2) is 0 Å². The van der Waals surface area contributed by atoms with Gasteiger partial charge in [0.25, 0.3) is 0 Å². The first kappa shape index (κ1) is 30.2. The smallest absolute Gasteiger partial charge is 0.309 e. The lowest BCUT2D eigenvalue weighted by atomic mass is 9.73. The summed E-state index contributed by atoms with van der Waals surface area (Å²) in [6, 6.07) is 0. The summed E-state index contributed by atoms with van der Waals surface area (Å²) < 4.78 is 5.49. The Bertz CT molecular complexity index is 857. The number of nitrogens with zero attached hydrogens (tertiary/aromatic N) is 1. The predicted octanol–water partition coefficient (Wildman–Crippen LogP) is 5.51. The maximum absolute atomic E-state index is 13.1. The minimum atomic E-state index is -1.22. The fourth-order valence-electron chi connectivity index (χ4n) is 3.84. The molecule has 1 heterocycles. The van der Waals surface area contributed by atoms with Crippen molar-refractivity contribution in [3.8, 4) is 0 Å². The van der Waals surface area contributed by atoms with E-state index in [0.29, 0.717) is 0 Å². The van der Waals surface area contributed by atoms with Crippen molar-refractivity contribution in [1.82, 2.24) is 4.98 Å². The van der Waals surface area contributed by atoms with E-state index in [1.807, 2.05) is 45.2 Å². The molecule has 0 radical (unpaired) electrons. The van der Waals surface area contributed by atoms with E-state index in [0.717, 1.165) is 35.5 Å². The summed E-state index contributed by atoms with van der Waals surface area (Å²) in [7, 11) is 0. The molecule has 0 aliphatic rings. The average Bonchev–Trinajstić information content (AvgIpc) is 3.18. The Morgan fingerprint density at radius 1 is 1.24 bits per heavy atom. The van der Waals surface area contributed by atoms with Gasteiger partial charge in [-0.05, 0) is 64.5 Å². The van der Waals surface area contributed by atoms with Crippen LogP contribution in [-0.2, 0) is 14.3 Å². The quantitative estimate of drug-likeness (QED) is 0.201. The molecule has 0 saturated heterocycles. The second-order valence-corrected chi connectivity index (χ2v) is 10.9. The number of thiazole rings is 1. The normalized spacial score (nSPS) is 17.3. The molecular weight excluding hydrogens is 450 g/mol. The number of aryl methyl sites for hydroxylation is 1. The van der Waals surface area contributed by atoms with Crippen LogP contribution < -0.4 is 0 Å². The fraction of sp³-hybridized carbons (Fsp3) is 0.667. The molecule has 2 N–H and O–H groups in total. The van der Waals surface area contributed by atoms with Gasteiger partial charge in [0, 0.05) is 11.3 Å². The maximum Gasteiger partial charge on any atom is 0.309 e. The number of carbonyl (C=O) groups excluding carboxylic acids is 2. The summed E-state index contributed by atoms with van der Waals surface area (Å²) in [5.74, 6) is -1.53. The van der Waals surface area contributed by atoms with E-state index in [1.54, 1.807) is 39.0 Å². The molecule has 0 amide bonds. The SMILES string of the molecule is C/C=C\CCC[C@H](C)[C@H](O)[C@@H](C)C(=O)C(C)(C)C(O)CC(=O)O[C@@H](C)/C(C)=C/c1csc(C)n1. The van der Waals surface area contributed by atoms with Gasteiger partial charge >= 0.3 is 5.97 Å². The fourth-order valence-corrected chi connectivity index (χ4v) is 4.41. The molecule has 0 bridgehead atoms. The second kappa shape index (κ2) is 13.9. The molecule has 1 rings (SSSR count). The first-order valence-corrected chi connectivity index (χ1v) is 13.0. The lowest BCUT2D eigenvalue weighted by molar-refractivity contribution is -0.153. The van der Waals surface area contributed by atoms with Crippen molar-refractivity contribution in [3.05, 3.63) is 33.8 Å². The third kappa shape index (κ3) is 9.08.